The molecule has 4 rings (SSSR count). The molecule has 11 nitrogen and oxygen atoms in total. The minimum absolute atomic E-state index is 0.0715. The number of methoxy groups -OCH3 is 2. The first-order chi connectivity index (χ1) is 18.1. The first kappa shape index (κ1) is 26.6. The summed E-state index contributed by atoms with van der Waals surface area (Å²) in [6.07, 6.45) is 0. The van der Waals surface area contributed by atoms with Crippen molar-refractivity contribution in [3.63, 3.8) is 0 Å². The van der Waals surface area contributed by atoms with E-state index in [-0.39, 0.29) is 39.3 Å². The van der Waals surface area contributed by atoms with Gasteiger partial charge in [0.25, 0.3) is 5.56 Å². The highest BCUT2D eigenvalue weighted by molar-refractivity contribution is 8.00. The van der Waals surface area contributed by atoms with Gasteiger partial charge in [0.15, 0.2) is 28.8 Å². The fraction of sp³-hybridized carbons (Fsp3) is 0.231. The van der Waals surface area contributed by atoms with Gasteiger partial charge in [-0.1, -0.05) is 11.8 Å². The van der Waals surface area contributed by atoms with Crippen LogP contribution in [0.25, 0.3) is 22.4 Å². The molecule has 0 aliphatic heterocycles. The molecule has 38 heavy (non-hydrogen) atoms. The van der Waals surface area contributed by atoms with E-state index in [0.29, 0.717) is 28.3 Å². The molecule has 1 amide bonds. The summed E-state index contributed by atoms with van der Waals surface area (Å²) in [6.45, 7) is 1.46. The lowest BCUT2D eigenvalue weighted by Crippen LogP contribution is -2.37. The second-order valence-corrected chi connectivity index (χ2v) is 9.26. The van der Waals surface area contributed by atoms with Gasteiger partial charge in [0.2, 0.25) is 5.91 Å². The number of rotatable bonds is 8. The van der Waals surface area contributed by atoms with Crippen molar-refractivity contribution in [2.45, 2.75) is 11.9 Å². The summed E-state index contributed by atoms with van der Waals surface area (Å²) in [5, 5.41) is 3.14. The minimum atomic E-state index is -0.565. The Hall–Kier alpha value is -4.45. The van der Waals surface area contributed by atoms with Gasteiger partial charge in [0.05, 0.1) is 20.0 Å². The van der Waals surface area contributed by atoms with Crippen LogP contribution in [0.1, 0.15) is 17.3 Å². The monoisotopic (exact) mass is 535 g/mol. The number of ketones is 1. The zero-order valence-corrected chi connectivity index (χ0v) is 22.2. The molecule has 1 N–H and O–H groups in total. The van der Waals surface area contributed by atoms with Crippen LogP contribution >= 0.6 is 11.8 Å². The van der Waals surface area contributed by atoms with Gasteiger partial charge in [-0.2, -0.15) is 0 Å². The molecule has 4 aromatic rings. The van der Waals surface area contributed by atoms with Crippen LogP contribution in [0.5, 0.6) is 11.5 Å². The molecule has 0 bridgehead atoms. The summed E-state index contributed by atoms with van der Waals surface area (Å²) in [7, 11) is 5.91. The summed E-state index contributed by atoms with van der Waals surface area (Å²) in [5.74, 6) is 0.723. The van der Waals surface area contributed by atoms with Crippen molar-refractivity contribution in [1.29, 1.82) is 0 Å². The van der Waals surface area contributed by atoms with Crippen LogP contribution in [0, 0.1) is 0 Å². The number of carbonyl (C=O) groups excluding carboxylic acids is 2. The maximum Gasteiger partial charge on any atom is 0.332 e. The van der Waals surface area contributed by atoms with Crippen LogP contribution in [0.15, 0.2) is 57.1 Å². The van der Waals surface area contributed by atoms with Gasteiger partial charge < -0.3 is 14.8 Å². The van der Waals surface area contributed by atoms with Crippen molar-refractivity contribution < 1.29 is 19.1 Å². The molecule has 2 aromatic heterocycles. The van der Waals surface area contributed by atoms with Crippen molar-refractivity contribution in [3.8, 4) is 22.9 Å². The molecule has 0 aliphatic rings. The van der Waals surface area contributed by atoms with E-state index in [0.717, 1.165) is 16.3 Å². The van der Waals surface area contributed by atoms with Crippen LogP contribution in [-0.2, 0) is 18.9 Å². The van der Waals surface area contributed by atoms with E-state index in [1.807, 2.05) is 0 Å². The van der Waals surface area contributed by atoms with Crippen molar-refractivity contribution >= 4 is 40.2 Å². The first-order valence-corrected chi connectivity index (χ1v) is 12.4. The first-order valence-electron chi connectivity index (χ1n) is 11.4. The number of aryl methyl sites for hydroxylation is 1. The highest BCUT2D eigenvalue weighted by Crippen LogP contribution is 2.33. The van der Waals surface area contributed by atoms with E-state index in [1.54, 1.807) is 42.5 Å². The number of thioether (sulfide) groups is 1. The van der Waals surface area contributed by atoms with E-state index in [4.69, 9.17) is 9.47 Å². The van der Waals surface area contributed by atoms with Crippen LogP contribution in [0.4, 0.5) is 5.69 Å². The normalized spacial score (nSPS) is 10.9. The van der Waals surface area contributed by atoms with Crippen molar-refractivity contribution in [1.82, 2.24) is 19.1 Å². The number of carbonyl (C=O) groups is 2. The highest BCUT2D eigenvalue weighted by Gasteiger charge is 2.20. The third-order valence-electron chi connectivity index (χ3n) is 5.82. The molecule has 0 spiro atoms. The van der Waals surface area contributed by atoms with Gasteiger partial charge in [0.1, 0.15) is 10.4 Å². The third-order valence-corrected chi connectivity index (χ3v) is 6.80. The number of amides is 1. The van der Waals surface area contributed by atoms with E-state index in [1.165, 1.54) is 39.8 Å². The van der Waals surface area contributed by atoms with Gasteiger partial charge in [-0.25, -0.2) is 14.8 Å². The quantitative estimate of drug-likeness (QED) is 0.205. The fourth-order valence-electron chi connectivity index (χ4n) is 3.76. The lowest BCUT2D eigenvalue weighted by atomic mass is 10.1. The van der Waals surface area contributed by atoms with E-state index >= 15 is 0 Å². The number of anilines is 1. The Morgan fingerprint density at radius 3 is 2.26 bits per heavy atom. The number of ether oxygens (including phenoxy) is 2. The molecule has 0 radical (unpaired) electrons. The highest BCUT2D eigenvalue weighted by atomic mass is 32.2. The summed E-state index contributed by atoms with van der Waals surface area (Å²) in [5.41, 5.74) is 0.661. The predicted molar refractivity (Wildman–Crippen MR) is 144 cm³/mol. The number of hydrogen-bond acceptors (Lipinski definition) is 9. The lowest BCUT2D eigenvalue weighted by molar-refractivity contribution is -0.113. The van der Waals surface area contributed by atoms with Crippen LogP contribution in [-0.4, -0.2) is 50.8 Å². The smallest absolute Gasteiger partial charge is 0.332 e. The Kier molecular flexibility index (Phi) is 7.62. The zero-order valence-electron chi connectivity index (χ0n) is 21.4. The summed E-state index contributed by atoms with van der Waals surface area (Å²) < 4.78 is 12.9. The SMILES string of the molecule is COc1ccc(-c2nc(SCC(=O)Nc3ccc(C(C)=O)cc3)c3c(=O)n(C)c(=O)n(C)c3n2)cc1OC. The Labute approximate surface area is 221 Å². The molecule has 0 fully saturated rings. The molecule has 0 saturated heterocycles. The molecule has 0 unspecified atom stereocenters. The predicted octanol–water partition coefficient (Wildman–Crippen LogP) is 2.64. The van der Waals surface area contributed by atoms with Gasteiger partial charge in [-0.3, -0.25) is 23.5 Å². The second kappa shape index (κ2) is 10.9. The summed E-state index contributed by atoms with van der Waals surface area (Å²) in [6, 6.07) is 11.6. The maximum atomic E-state index is 13.1. The van der Waals surface area contributed by atoms with Crippen LogP contribution in [0.3, 0.4) is 0 Å². The second-order valence-electron chi connectivity index (χ2n) is 8.30. The fourth-order valence-corrected chi connectivity index (χ4v) is 4.57. The number of Topliss-reactive ketones (excluding diaryl/α,β-unsaturated/α-hetero) is 1. The average molecular weight is 536 g/mol. The molecular weight excluding hydrogens is 510 g/mol. The number of hydrogen-bond donors (Lipinski definition) is 1. The standard InChI is InChI=1S/C26H25N5O6S/c1-14(32)15-6-9-17(10-7-15)27-20(33)13-38-24-21-23(30(2)26(35)31(3)25(21)34)28-22(29-24)16-8-11-18(36-4)19(12-16)37-5/h6-12H,13H2,1-5H3,(H,27,33). The van der Waals surface area contributed by atoms with Gasteiger partial charge in [-0.05, 0) is 49.4 Å². The average Bonchev–Trinajstić information content (AvgIpc) is 2.93. The van der Waals surface area contributed by atoms with Gasteiger partial charge >= 0.3 is 5.69 Å². The molecule has 2 aromatic carbocycles. The number of nitrogens with zero attached hydrogens (tertiary/aromatic N) is 4. The largest absolute Gasteiger partial charge is 0.493 e. The van der Waals surface area contributed by atoms with Crippen molar-refractivity contribution in [2.24, 2.45) is 14.1 Å². The molecule has 0 aliphatic carbocycles. The summed E-state index contributed by atoms with van der Waals surface area (Å²) in [4.78, 5) is 59.0. The molecule has 0 atom stereocenters. The van der Waals surface area contributed by atoms with Crippen LogP contribution in [0.2, 0.25) is 0 Å². The third kappa shape index (κ3) is 5.16. The Balaban J connectivity index is 1.74. The molecule has 2 heterocycles. The maximum absolute atomic E-state index is 13.1. The molecule has 0 saturated carbocycles. The topological polar surface area (TPSA) is 134 Å². The van der Waals surface area contributed by atoms with Crippen molar-refractivity contribution in [3.05, 3.63) is 68.9 Å². The Bertz CT molecular complexity index is 1680. The number of benzene rings is 2. The Morgan fingerprint density at radius 2 is 1.63 bits per heavy atom. The number of nitrogens with one attached hydrogen (secondary N) is 1. The van der Waals surface area contributed by atoms with Crippen LogP contribution < -0.4 is 26.0 Å². The van der Waals surface area contributed by atoms with Gasteiger partial charge in [0, 0.05) is 30.9 Å². The molecular formula is C26H25N5O6S. The van der Waals surface area contributed by atoms with Crippen molar-refractivity contribution in [2.75, 3.05) is 25.3 Å². The number of fused-ring (bicyclic) bond motifs is 1. The van der Waals surface area contributed by atoms with Gasteiger partial charge in [-0.15, -0.1) is 0 Å². The van der Waals surface area contributed by atoms with E-state index in [9.17, 15) is 19.2 Å². The molecule has 196 valence electrons. The molecule has 12 heteroatoms. The minimum Gasteiger partial charge on any atom is -0.493 e. The Morgan fingerprint density at radius 1 is 0.947 bits per heavy atom. The lowest BCUT2D eigenvalue weighted by Gasteiger charge is -2.13. The number of aromatic nitrogens is 4. The summed E-state index contributed by atoms with van der Waals surface area (Å²) >= 11 is 1.05. The van der Waals surface area contributed by atoms with E-state index in [2.05, 4.69) is 15.3 Å². The van der Waals surface area contributed by atoms with E-state index < -0.39 is 11.2 Å². The zero-order chi connectivity index (χ0) is 27.6.